The molecule has 1 fully saturated rings. The van der Waals surface area contributed by atoms with Gasteiger partial charge in [-0.1, -0.05) is 23.2 Å². The summed E-state index contributed by atoms with van der Waals surface area (Å²) in [6, 6.07) is 3.86. The van der Waals surface area contributed by atoms with Gasteiger partial charge in [0.15, 0.2) is 0 Å². The second kappa shape index (κ2) is 6.12. The minimum Gasteiger partial charge on any atom is -0.481 e. The third-order valence-electron chi connectivity index (χ3n) is 3.64. The molecule has 5 nitrogen and oxygen atoms in total. The molecule has 1 aliphatic heterocycles. The highest BCUT2D eigenvalue weighted by atomic mass is 35.5. The van der Waals surface area contributed by atoms with Crippen LogP contribution in [0.4, 0.5) is 0 Å². The van der Waals surface area contributed by atoms with Crippen molar-refractivity contribution in [2.75, 3.05) is 6.54 Å². The van der Waals surface area contributed by atoms with Gasteiger partial charge in [-0.25, -0.2) is 8.42 Å². The fourth-order valence-electron chi connectivity index (χ4n) is 2.53. The molecule has 0 radical (unpaired) electrons. The lowest BCUT2D eigenvalue weighted by Crippen LogP contribution is -2.46. The molecule has 0 aliphatic carbocycles. The van der Waals surface area contributed by atoms with Gasteiger partial charge in [0.25, 0.3) is 0 Å². The molecule has 1 heterocycles. The maximum absolute atomic E-state index is 12.7. The van der Waals surface area contributed by atoms with E-state index >= 15 is 0 Å². The Morgan fingerprint density at radius 2 is 2.05 bits per heavy atom. The monoisotopic (exact) mass is 351 g/mol. The molecule has 1 aromatic rings. The third kappa shape index (κ3) is 3.34. The first kappa shape index (κ1) is 16.5. The smallest absolute Gasteiger partial charge is 0.306 e. The molecule has 0 bridgehead atoms. The summed E-state index contributed by atoms with van der Waals surface area (Å²) in [5.74, 6) is -1.40. The second-order valence-electron chi connectivity index (χ2n) is 5.10. The molecule has 0 saturated carbocycles. The highest BCUT2D eigenvalue weighted by Crippen LogP contribution is 2.32. The van der Waals surface area contributed by atoms with E-state index in [-0.39, 0.29) is 34.3 Å². The van der Waals surface area contributed by atoms with Gasteiger partial charge in [-0.05, 0) is 38.0 Å². The molecule has 1 saturated heterocycles. The van der Waals surface area contributed by atoms with Crippen molar-refractivity contribution in [3.63, 3.8) is 0 Å². The Morgan fingerprint density at radius 1 is 1.38 bits per heavy atom. The van der Waals surface area contributed by atoms with Crippen LogP contribution in [0.3, 0.4) is 0 Å². The van der Waals surface area contributed by atoms with Gasteiger partial charge >= 0.3 is 5.97 Å². The summed E-state index contributed by atoms with van der Waals surface area (Å²) in [7, 11) is -3.79. The molecular formula is C13H15Cl2NO4S. The first-order chi connectivity index (χ1) is 9.73. The zero-order valence-corrected chi connectivity index (χ0v) is 13.6. The molecule has 2 rings (SSSR count). The largest absolute Gasteiger partial charge is 0.481 e. The topological polar surface area (TPSA) is 74.7 Å². The molecule has 2 unspecified atom stereocenters. The lowest BCUT2D eigenvalue weighted by Gasteiger charge is -2.35. The Labute approximate surface area is 133 Å². The number of piperidine rings is 1. The van der Waals surface area contributed by atoms with Crippen LogP contribution in [0, 0.1) is 5.92 Å². The van der Waals surface area contributed by atoms with E-state index in [2.05, 4.69) is 0 Å². The lowest BCUT2D eigenvalue weighted by molar-refractivity contribution is -0.143. The minimum atomic E-state index is -3.79. The fraction of sp³-hybridized carbons (Fsp3) is 0.462. The molecule has 0 amide bonds. The molecule has 1 aliphatic rings. The average Bonchev–Trinajstić information content (AvgIpc) is 2.40. The predicted molar refractivity (Wildman–Crippen MR) is 80.2 cm³/mol. The first-order valence-electron chi connectivity index (χ1n) is 6.43. The molecule has 0 aromatic heterocycles. The minimum absolute atomic E-state index is 0.0442. The molecule has 1 aromatic carbocycles. The SMILES string of the molecule is CC1CC(C(=O)O)CCN1S(=O)(=O)c1cc(Cl)ccc1Cl. The molecule has 2 atom stereocenters. The van der Waals surface area contributed by atoms with E-state index in [1.165, 1.54) is 22.5 Å². The quantitative estimate of drug-likeness (QED) is 0.908. The number of halogens is 2. The highest BCUT2D eigenvalue weighted by molar-refractivity contribution is 7.89. The van der Waals surface area contributed by atoms with Crippen LogP contribution in [0.15, 0.2) is 23.1 Å². The van der Waals surface area contributed by atoms with Crippen LogP contribution in [0.25, 0.3) is 0 Å². The third-order valence-corrected chi connectivity index (χ3v) is 6.37. The zero-order valence-electron chi connectivity index (χ0n) is 11.3. The Balaban J connectivity index is 2.32. The zero-order chi connectivity index (χ0) is 15.8. The maximum Gasteiger partial charge on any atom is 0.306 e. The van der Waals surface area contributed by atoms with Gasteiger partial charge in [0.05, 0.1) is 10.9 Å². The lowest BCUT2D eigenvalue weighted by atomic mass is 9.93. The summed E-state index contributed by atoms with van der Waals surface area (Å²) in [5.41, 5.74) is 0. The van der Waals surface area contributed by atoms with Crippen LogP contribution < -0.4 is 0 Å². The Kier molecular flexibility index (Phi) is 4.82. The number of carbonyl (C=O) groups is 1. The van der Waals surface area contributed by atoms with Crippen LogP contribution in [0.5, 0.6) is 0 Å². The van der Waals surface area contributed by atoms with Gasteiger partial charge in [0.2, 0.25) is 10.0 Å². The number of hydrogen-bond donors (Lipinski definition) is 1. The summed E-state index contributed by atoms with van der Waals surface area (Å²) in [6.07, 6.45) is 0.573. The summed E-state index contributed by atoms with van der Waals surface area (Å²) < 4.78 is 26.7. The number of carboxylic acid groups (broad SMARTS) is 1. The van der Waals surface area contributed by atoms with Gasteiger partial charge < -0.3 is 5.11 Å². The fourth-order valence-corrected chi connectivity index (χ4v) is 4.93. The molecular weight excluding hydrogens is 337 g/mol. The number of aliphatic carboxylic acids is 1. The number of hydrogen-bond acceptors (Lipinski definition) is 3. The van der Waals surface area contributed by atoms with E-state index in [0.29, 0.717) is 0 Å². The summed E-state index contributed by atoms with van der Waals surface area (Å²) in [5, 5.41) is 9.42. The van der Waals surface area contributed by atoms with Gasteiger partial charge in [0, 0.05) is 17.6 Å². The first-order valence-corrected chi connectivity index (χ1v) is 8.62. The Bertz CT molecular complexity index is 662. The van der Waals surface area contributed by atoms with E-state index in [9.17, 15) is 13.2 Å². The van der Waals surface area contributed by atoms with Gasteiger partial charge in [0.1, 0.15) is 4.90 Å². The summed E-state index contributed by atoms with van der Waals surface area (Å²) in [6.45, 7) is 1.86. The molecule has 8 heteroatoms. The van der Waals surface area contributed by atoms with E-state index in [1.807, 2.05) is 0 Å². The van der Waals surface area contributed by atoms with Crippen molar-refractivity contribution >= 4 is 39.2 Å². The number of sulfonamides is 1. The van der Waals surface area contributed by atoms with Crippen LogP contribution in [-0.2, 0) is 14.8 Å². The summed E-state index contributed by atoms with van der Waals surface area (Å²) >= 11 is 11.8. The van der Waals surface area contributed by atoms with Gasteiger partial charge in [-0.15, -0.1) is 0 Å². The number of nitrogens with zero attached hydrogens (tertiary/aromatic N) is 1. The van der Waals surface area contributed by atoms with E-state index < -0.39 is 28.0 Å². The Hall–Kier alpha value is -0.820. The van der Waals surface area contributed by atoms with Gasteiger partial charge in [-0.2, -0.15) is 4.31 Å². The molecule has 21 heavy (non-hydrogen) atoms. The van der Waals surface area contributed by atoms with E-state index in [1.54, 1.807) is 6.92 Å². The van der Waals surface area contributed by atoms with Crippen molar-refractivity contribution in [1.82, 2.24) is 4.31 Å². The number of rotatable bonds is 3. The molecule has 0 spiro atoms. The van der Waals surface area contributed by atoms with Crippen LogP contribution >= 0.6 is 23.2 Å². The summed E-state index contributed by atoms with van der Waals surface area (Å²) in [4.78, 5) is 11.0. The maximum atomic E-state index is 12.7. The van der Waals surface area contributed by atoms with Crippen molar-refractivity contribution in [3.8, 4) is 0 Å². The Morgan fingerprint density at radius 3 is 2.62 bits per heavy atom. The normalized spacial score (nSPS) is 24.0. The van der Waals surface area contributed by atoms with E-state index in [4.69, 9.17) is 28.3 Å². The highest BCUT2D eigenvalue weighted by Gasteiger charge is 2.37. The second-order valence-corrected chi connectivity index (χ2v) is 7.80. The van der Waals surface area contributed by atoms with Crippen LogP contribution in [0.2, 0.25) is 10.0 Å². The average molecular weight is 352 g/mol. The molecule has 1 N–H and O–H groups in total. The van der Waals surface area contributed by atoms with Crippen molar-refractivity contribution in [2.45, 2.75) is 30.7 Å². The van der Waals surface area contributed by atoms with Crippen molar-refractivity contribution in [2.24, 2.45) is 5.92 Å². The van der Waals surface area contributed by atoms with Gasteiger partial charge in [-0.3, -0.25) is 4.79 Å². The molecule has 116 valence electrons. The van der Waals surface area contributed by atoms with E-state index in [0.717, 1.165) is 0 Å². The van der Waals surface area contributed by atoms with Crippen LogP contribution in [-0.4, -0.2) is 36.4 Å². The van der Waals surface area contributed by atoms with Crippen molar-refractivity contribution in [3.05, 3.63) is 28.2 Å². The number of benzene rings is 1. The van der Waals surface area contributed by atoms with Crippen LogP contribution in [0.1, 0.15) is 19.8 Å². The standard InChI is InChI=1S/C13H15Cl2NO4S/c1-8-6-9(13(17)18)4-5-16(8)21(19,20)12-7-10(14)2-3-11(12)15/h2-3,7-9H,4-6H2,1H3,(H,17,18). The van der Waals surface area contributed by atoms with Crippen molar-refractivity contribution in [1.29, 1.82) is 0 Å². The number of carboxylic acids is 1. The van der Waals surface area contributed by atoms with Crippen molar-refractivity contribution < 1.29 is 18.3 Å². The predicted octanol–water partition coefficient (Wildman–Crippen LogP) is 2.87.